The van der Waals surface area contributed by atoms with Crippen molar-refractivity contribution < 1.29 is 0 Å². The van der Waals surface area contributed by atoms with E-state index in [1.807, 2.05) is 19.2 Å². The molecule has 290 valence electrons. The molecule has 0 fully saturated rings. The number of hydrogen-bond acceptors (Lipinski definition) is 3. The van der Waals surface area contributed by atoms with Gasteiger partial charge in [0.1, 0.15) is 0 Å². The highest BCUT2D eigenvalue weighted by Crippen LogP contribution is 2.47. The van der Waals surface area contributed by atoms with Crippen LogP contribution in [-0.4, -0.2) is 14.1 Å². The second-order valence-corrected chi connectivity index (χ2v) is 15.0. The van der Waals surface area contributed by atoms with Crippen LogP contribution in [0.4, 0.5) is 0 Å². The Hall–Kier alpha value is -6.62. The van der Waals surface area contributed by atoms with Crippen molar-refractivity contribution in [3.05, 3.63) is 228 Å². The van der Waals surface area contributed by atoms with Crippen LogP contribution in [0.5, 0.6) is 0 Å². The second kappa shape index (κ2) is 18.3. The van der Waals surface area contributed by atoms with E-state index in [2.05, 4.69) is 199 Å². The van der Waals surface area contributed by atoms with Crippen LogP contribution < -0.4 is 16.8 Å². The van der Waals surface area contributed by atoms with Crippen molar-refractivity contribution in [3.63, 3.8) is 0 Å². The summed E-state index contributed by atoms with van der Waals surface area (Å²) in [6.45, 7) is 0.866. The van der Waals surface area contributed by atoms with Crippen molar-refractivity contribution in [2.75, 3.05) is 14.1 Å². The van der Waals surface area contributed by atoms with Gasteiger partial charge in [-0.25, -0.2) is 0 Å². The summed E-state index contributed by atoms with van der Waals surface area (Å²) in [5.41, 5.74) is 28.0. The van der Waals surface area contributed by atoms with Crippen LogP contribution in [0.15, 0.2) is 200 Å². The summed E-state index contributed by atoms with van der Waals surface area (Å²) >= 11 is 0. The van der Waals surface area contributed by atoms with E-state index < -0.39 is 0 Å². The molecule has 0 radical (unpaired) electrons. The number of nitrogens with one attached hydrogen (secondary N) is 1. The summed E-state index contributed by atoms with van der Waals surface area (Å²) in [5, 5.41) is 8.55. The monoisotopic (exact) mass is 765 g/mol. The first kappa shape index (κ1) is 39.2. The molecule has 9 aromatic carbocycles. The molecule has 0 saturated carbocycles. The normalized spacial score (nSPS) is 11.8. The largest absolute Gasteiger partial charge is 0.333 e. The first-order valence-corrected chi connectivity index (χ1v) is 20.6. The van der Waals surface area contributed by atoms with Gasteiger partial charge in [0, 0.05) is 12.6 Å². The third-order valence-electron chi connectivity index (χ3n) is 11.4. The maximum absolute atomic E-state index is 6.32. The van der Waals surface area contributed by atoms with Gasteiger partial charge >= 0.3 is 0 Å². The van der Waals surface area contributed by atoms with Crippen molar-refractivity contribution in [1.82, 2.24) is 5.32 Å². The van der Waals surface area contributed by atoms with Gasteiger partial charge in [0.15, 0.2) is 0 Å². The number of fused-ring (bicyclic) bond motifs is 5. The fourth-order valence-corrected chi connectivity index (χ4v) is 8.63. The highest BCUT2D eigenvalue weighted by molar-refractivity contribution is 6.03. The highest BCUT2D eigenvalue weighted by atomic mass is 14.8. The topological polar surface area (TPSA) is 64.1 Å². The third-order valence-corrected chi connectivity index (χ3v) is 11.4. The van der Waals surface area contributed by atoms with Crippen molar-refractivity contribution in [2.24, 2.45) is 11.5 Å². The van der Waals surface area contributed by atoms with E-state index in [1.54, 1.807) is 0 Å². The molecule has 0 aromatic heterocycles. The Morgan fingerprint density at radius 2 is 1.03 bits per heavy atom. The van der Waals surface area contributed by atoms with E-state index in [4.69, 9.17) is 5.73 Å². The lowest BCUT2D eigenvalue weighted by molar-refractivity contribution is 0.722. The Kier molecular flexibility index (Phi) is 12.2. The zero-order valence-corrected chi connectivity index (χ0v) is 33.9. The molecule has 0 amide bonds. The molecular weight excluding hydrogens is 715 g/mol. The van der Waals surface area contributed by atoms with Crippen molar-refractivity contribution >= 4 is 21.5 Å². The third kappa shape index (κ3) is 8.37. The molecule has 5 N–H and O–H groups in total. The summed E-state index contributed by atoms with van der Waals surface area (Å²) in [4.78, 5) is 0. The fourth-order valence-electron chi connectivity index (χ4n) is 8.63. The average molecular weight is 766 g/mol. The highest BCUT2D eigenvalue weighted by Gasteiger charge is 2.26. The first-order valence-electron chi connectivity index (χ1n) is 20.6. The number of nitrogens with two attached hydrogens (primary N) is 2. The Balaban J connectivity index is 0.000000180. The maximum Gasteiger partial charge on any atom is 0.0335 e. The van der Waals surface area contributed by atoms with E-state index in [9.17, 15) is 0 Å². The fraction of sp³-hybridized carbons (Fsp3) is 0.107. The maximum atomic E-state index is 6.32. The molecule has 10 rings (SSSR count). The first-order chi connectivity index (χ1) is 29.1. The smallest absolute Gasteiger partial charge is 0.0335 e. The molecule has 9 aromatic rings. The number of hydrogen-bond donors (Lipinski definition) is 3. The summed E-state index contributed by atoms with van der Waals surface area (Å²) < 4.78 is 0. The minimum Gasteiger partial charge on any atom is -0.333 e. The Morgan fingerprint density at radius 1 is 0.492 bits per heavy atom. The van der Waals surface area contributed by atoms with Gasteiger partial charge in [-0.05, 0) is 133 Å². The van der Waals surface area contributed by atoms with Crippen LogP contribution in [0.1, 0.15) is 33.9 Å². The van der Waals surface area contributed by atoms with Gasteiger partial charge < -0.3 is 16.8 Å². The summed E-state index contributed by atoms with van der Waals surface area (Å²) in [7, 11) is 3.53. The summed E-state index contributed by atoms with van der Waals surface area (Å²) in [6.07, 6.45) is 1.84. The van der Waals surface area contributed by atoms with Crippen LogP contribution in [0.25, 0.3) is 66.1 Å². The molecule has 3 nitrogen and oxygen atoms in total. The lowest BCUT2D eigenvalue weighted by atomic mass is 9.87. The lowest BCUT2D eigenvalue weighted by Crippen LogP contribution is -2.13. The van der Waals surface area contributed by atoms with Gasteiger partial charge in [-0.15, -0.1) is 0 Å². The molecule has 1 aliphatic rings. The summed E-state index contributed by atoms with van der Waals surface area (Å²) in [5.74, 6) is 0. The Morgan fingerprint density at radius 3 is 1.71 bits per heavy atom. The molecule has 1 aliphatic carbocycles. The van der Waals surface area contributed by atoms with Crippen molar-refractivity contribution in [2.45, 2.75) is 25.4 Å². The molecule has 59 heavy (non-hydrogen) atoms. The lowest BCUT2D eigenvalue weighted by Gasteiger charge is -2.17. The number of rotatable bonds is 8. The van der Waals surface area contributed by atoms with Gasteiger partial charge in [0.05, 0.1) is 0 Å². The van der Waals surface area contributed by atoms with Gasteiger partial charge in [-0.2, -0.15) is 0 Å². The predicted octanol–water partition coefficient (Wildman–Crippen LogP) is 12.8. The molecule has 0 spiro atoms. The van der Waals surface area contributed by atoms with Crippen LogP contribution in [-0.2, 0) is 19.4 Å². The standard InChI is InChI=1S/C35H27N.C20H19N.CH5N/c1-36-22-26-14-6-13-25-19-33-32(31-18-8-12-24-10-3-5-16-29(24)31)20-27(21-34(33)35(25)26)30-17-7-11-23-9-2-4-15-28(23)30;21-20(15-16-7-3-1-4-8-16)19-13-11-18(12-14-19)17-9-5-2-6-10-17;1-2/h2-18,20-21,36H,19,22H2,1H3;1-14,20H,15,21H2;2H2,1H3. The minimum atomic E-state index is 0.0391. The molecular formula is C56H51N3. The van der Waals surface area contributed by atoms with Crippen molar-refractivity contribution in [1.29, 1.82) is 0 Å². The predicted molar refractivity (Wildman–Crippen MR) is 252 cm³/mol. The molecule has 3 heteroatoms. The Labute approximate surface area is 349 Å². The molecule has 0 saturated heterocycles. The van der Waals surface area contributed by atoms with E-state index in [1.165, 1.54) is 101 Å². The van der Waals surface area contributed by atoms with Crippen LogP contribution in [0, 0.1) is 0 Å². The average Bonchev–Trinajstić information content (AvgIpc) is 3.70. The van der Waals surface area contributed by atoms with Crippen LogP contribution in [0.3, 0.4) is 0 Å². The second-order valence-electron chi connectivity index (χ2n) is 15.0. The van der Waals surface area contributed by atoms with Crippen molar-refractivity contribution in [3.8, 4) is 44.5 Å². The van der Waals surface area contributed by atoms with E-state index in [0.29, 0.717) is 0 Å². The number of benzene rings is 9. The summed E-state index contributed by atoms with van der Waals surface area (Å²) in [6, 6.07) is 71.9. The van der Waals surface area contributed by atoms with Gasteiger partial charge in [-0.3, -0.25) is 0 Å². The Bertz CT molecular complexity index is 2800. The minimum absolute atomic E-state index is 0.0391. The molecule has 0 heterocycles. The molecule has 0 bridgehead atoms. The van der Waals surface area contributed by atoms with Crippen LogP contribution >= 0.6 is 0 Å². The van der Waals surface area contributed by atoms with E-state index >= 15 is 0 Å². The quantitative estimate of drug-likeness (QED) is 0.144. The SMILES string of the molecule is CN.CNCc1cccc2c1-c1cc(-c3cccc4ccccc34)cc(-c3cccc4ccccc34)c1C2.NC(Cc1ccccc1)c1ccc(-c2ccccc2)cc1. The van der Waals surface area contributed by atoms with Gasteiger partial charge in [-0.1, -0.05) is 188 Å². The zero-order valence-electron chi connectivity index (χ0n) is 33.9. The van der Waals surface area contributed by atoms with E-state index in [-0.39, 0.29) is 6.04 Å². The molecule has 1 unspecified atom stereocenters. The molecule has 0 aliphatic heterocycles. The molecule has 1 atom stereocenters. The van der Waals surface area contributed by atoms with E-state index in [0.717, 1.165) is 19.4 Å². The zero-order chi connectivity index (χ0) is 40.6. The van der Waals surface area contributed by atoms with Gasteiger partial charge in [0.25, 0.3) is 0 Å². The van der Waals surface area contributed by atoms with Gasteiger partial charge in [0.2, 0.25) is 0 Å². The van der Waals surface area contributed by atoms with Crippen LogP contribution in [0.2, 0.25) is 0 Å².